The fraction of sp³-hybridized carbons (Fsp3) is 0.222. The fourth-order valence-electron chi connectivity index (χ4n) is 1.90. The molecule has 0 aliphatic heterocycles. The fourth-order valence-corrected chi connectivity index (χ4v) is 1.90. The van der Waals surface area contributed by atoms with Crippen molar-refractivity contribution in [1.29, 1.82) is 0 Å². The van der Waals surface area contributed by atoms with Gasteiger partial charge in [0.05, 0.1) is 6.61 Å². The van der Waals surface area contributed by atoms with Crippen molar-refractivity contribution in [2.75, 3.05) is 25.1 Å². The van der Waals surface area contributed by atoms with Crippen molar-refractivity contribution < 1.29 is 28.2 Å². The van der Waals surface area contributed by atoms with Gasteiger partial charge in [0.25, 0.3) is 5.91 Å². The van der Waals surface area contributed by atoms with Crippen LogP contribution < -0.4 is 14.8 Å². The lowest BCUT2D eigenvalue weighted by Crippen LogP contribution is -2.23. The standard InChI is InChI=1S/C18H18FNO5/c1-2-23-15-5-3-4-6-16(15)24-12-18(22)25-11-17(21)20-14-9-7-13(19)8-10-14/h3-10H,2,11-12H2,1H3,(H,20,21). The summed E-state index contributed by atoms with van der Waals surface area (Å²) in [6.07, 6.45) is 0. The molecule has 2 rings (SSSR count). The maximum Gasteiger partial charge on any atom is 0.344 e. The van der Waals surface area contributed by atoms with Crippen LogP contribution >= 0.6 is 0 Å². The zero-order valence-corrected chi connectivity index (χ0v) is 13.7. The lowest BCUT2D eigenvalue weighted by Gasteiger charge is -2.11. The Labute approximate surface area is 144 Å². The third-order valence-corrected chi connectivity index (χ3v) is 2.99. The molecule has 25 heavy (non-hydrogen) atoms. The Bertz CT molecular complexity index is 718. The summed E-state index contributed by atoms with van der Waals surface area (Å²) in [5, 5.41) is 2.48. The molecule has 0 aromatic heterocycles. The average Bonchev–Trinajstić information content (AvgIpc) is 2.61. The summed E-state index contributed by atoms with van der Waals surface area (Å²) >= 11 is 0. The van der Waals surface area contributed by atoms with Crippen LogP contribution in [0.2, 0.25) is 0 Å². The molecule has 0 fully saturated rings. The van der Waals surface area contributed by atoms with E-state index in [1.165, 1.54) is 24.3 Å². The first-order valence-corrected chi connectivity index (χ1v) is 7.64. The Balaban J connectivity index is 1.75. The summed E-state index contributed by atoms with van der Waals surface area (Å²) < 4.78 is 28.3. The van der Waals surface area contributed by atoms with Gasteiger partial charge >= 0.3 is 5.97 Å². The molecule has 2 aromatic rings. The summed E-state index contributed by atoms with van der Waals surface area (Å²) in [6.45, 7) is 1.49. The van der Waals surface area contributed by atoms with Crippen molar-refractivity contribution in [2.24, 2.45) is 0 Å². The zero-order chi connectivity index (χ0) is 18.1. The summed E-state index contributed by atoms with van der Waals surface area (Å²) in [4.78, 5) is 23.3. The molecule has 0 radical (unpaired) electrons. The second kappa shape index (κ2) is 9.27. The minimum Gasteiger partial charge on any atom is -0.490 e. The third kappa shape index (κ3) is 6.14. The quantitative estimate of drug-likeness (QED) is 0.743. The molecule has 0 heterocycles. The van der Waals surface area contributed by atoms with E-state index in [0.29, 0.717) is 23.8 Å². The van der Waals surface area contributed by atoms with E-state index in [1.807, 2.05) is 6.92 Å². The van der Waals surface area contributed by atoms with Crippen LogP contribution in [0.4, 0.5) is 10.1 Å². The van der Waals surface area contributed by atoms with Crippen molar-refractivity contribution in [2.45, 2.75) is 6.92 Å². The number of rotatable bonds is 8. The largest absolute Gasteiger partial charge is 0.490 e. The Morgan fingerprint density at radius 2 is 1.60 bits per heavy atom. The van der Waals surface area contributed by atoms with Crippen molar-refractivity contribution in [3.05, 3.63) is 54.3 Å². The van der Waals surface area contributed by atoms with Gasteiger partial charge in [-0.3, -0.25) is 4.79 Å². The number of halogens is 1. The SMILES string of the molecule is CCOc1ccccc1OCC(=O)OCC(=O)Nc1ccc(F)cc1. The molecule has 0 unspecified atom stereocenters. The van der Waals surface area contributed by atoms with E-state index in [2.05, 4.69) is 5.32 Å². The Morgan fingerprint density at radius 1 is 0.960 bits per heavy atom. The normalized spacial score (nSPS) is 10.0. The first-order valence-electron chi connectivity index (χ1n) is 7.64. The molecule has 1 N–H and O–H groups in total. The predicted molar refractivity (Wildman–Crippen MR) is 89.1 cm³/mol. The molecule has 0 saturated heterocycles. The molecule has 7 heteroatoms. The van der Waals surface area contributed by atoms with E-state index in [4.69, 9.17) is 14.2 Å². The van der Waals surface area contributed by atoms with E-state index < -0.39 is 24.3 Å². The van der Waals surface area contributed by atoms with Crippen LogP contribution in [-0.4, -0.2) is 31.7 Å². The molecule has 0 aliphatic rings. The van der Waals surface area contributed by atoms with E-state index in [0.717, 1.165) is 0 Å². The zero-order valence-electron chi connectivity index (χ0n) is 13.7. The van der Waals surface area contributed by atoms with Gasteiger partial charge in [0.2, 0.25) is 0 Å². The number of para-hydroxylation sites is 2. The van der Waals surface area contributed by atoms with Crippen LogP contribution in [0.15, 0.2) is 48.5 Å². The highest BCUT2D eigenvalue weighted by atomic mass is 19.1. The molecular formula is C18H18FNO5. The van der Waals surface area contributed by atoms with Crippen LogP contribution in [-0.2, 0) is 14.3 Å². The number of carbonyl (C=O) groups is 2. The van der Waals surface area contributed by atoms with Gasteiger partial charge in [-0.2, -0.15) is 0 Å². The second-order valence-corrected chi connectivity index (χ2v) is 4.88. The number of carbonyl (C=O) groups excluding carboxylic acids is 2. The van der Waals surface area contributed by atoms with Gasteiger partial charge in [0.1, 0.15) is 5.82 Å². The Morgan fingerprint density at radius 3 is 2.24 bits per heavy atom. The minimum atomic E-state index is -0.694. The minimum absolute atomic E-state index is 0.353. The molecule has 1 amide bonds. The maximum atomic E-state index is 12.8. The van der Waals surface area contributed by atoms with Gasteiger partial charge in [-0.1, -0.05) is 12.1 Å². The third-order valence-electron chi connectivity index (χ3n) is 2.99. The number of benzene rings is 2. The number of ether oxygens (including phenoxy) is 3. The van der Waals surface area contributed by atoms with Crippen molar-refractivity contribution in [3.8, 4) is 11.5 Å². The summed E-state index contributed by atoms with van der Waals surface area (Å²) in [7, 11) is 0. The topological polar surface area (TPSA) is 73.9 Å². The van der Waals surface area contributed by atoms with Gasteiger partial charge in [0.15, 0.2) is 24.7 Å². The Hall–Kier alpha value is -3.09. The average molecular weight is 347 g/mol. The highest BCUT2D eigenvalue weighted by Gasteiger charge is 2.11. The van der Waals surface area contributed by atoms with Crippen LogP contribution in [0.5, 0.6) is 11.5 Å². The molecule has 0 bridgehead atoms. The number of nitrogens with one attached hydrogen (secondary N) is 1. The molecular weight excluding hydrogens is 329 g/mol. The number of esters is 1. The van der Waals surface area contributed by atoms with Crippen molar-refractivity contribution in [3.63, 3.8) is 0 Å². The molecule has 0 atom stereocenters. The Kier molecular flexibility index (Phi) is 6.76. The van der Waals surface area contributed by atoms with E-state index in [-0.39, 0.29) is 6.61 Å². The lowest BCUT2D eigenvalue weighted by molar-refractivity contribution is -0.149. The van der Waals surface area contributed by atoms with Crippen molar-refractivity contribution >= 4 is 17.6 Å². The maximum absolute atomic E-state index is 12.8. The monoisotopic (exact) mass is 347 g/mol. The molecule has 132 valence electrons. The van der Waals surface area contributed by atoms with Gasteiger partial charge in [-0.05, 0) is 43.3 Å². The predicted octanol–water partition coefficient (Wildman–Crippen LogP) is 2.79. The van der Waals surface area contributed by atoms with Crippen LogP contribution in [0.1, 0.15) is 6.92 Å². The first kappa shape index (κ1) is 18.3. The summed E-state index contributed by atoms with van der Waals surface area (Å²) in [6, 6.07) is 12.2. The molecule has 6 nitrogen and oxygen atoms in total. The molecule has 0 spiro atoms. The van der Waals surface area contributed by atoms with Gasteiger partial charge in [-0.15, -0.1) is 0 Å². The highest BCUT2D eigenvalue weighted by Crippen LogP contribution is 2.26. The van der Waals surface area contributed by atoms with E-state index >= 15 is 0 Å². The second-order valence-electron chi connectivity index (χ2n) is 4.88. The van der Waals surface area contributed by atoms with E-state index in [1.54, 1.807) is 24.3 Å². The van der Waals surface area contributed by atoms with Crippen molar-refractivity contribution in [1.82, 2.24) is 0 Å². The number of hydrogen-bond acceptors (Lipinski definition) is 5. The summed E-state index contributed by atoms with van der Waals surface area (Å²) in [5.74, 6) is -0.701. The van der Waals surface area contributed by atoms with Gasteiger partial charge in [0, 0.05) is 5.69 Å². The van der Waals surface area contributed by atoms with Gasteiger partial charge in [-0.25, -0.2) is 9.18 Å². The van der Waals surface area contributed by atoms with Crippen LogP contribution in [0.25, 0.3) is 0 Å². The number of anilines is 1. The lowest BCUT2D eigenvalue weighted by atomic mass is 10.3. The highest BCUT2D eigenvalue weighted by molar-refractivity contribution is 5.92. The number of amides is 1. The van der Waals surface area contributed by atoms with Crippen LogP contribution in [0.3, 0.4) is 0 Å². The molecule has 0 aliphatic carbocycles. The molecule has 2 aromatic carbocycles. The van der Waals surface area contributed by atoms with Crippen LogP contribution in [0, 0.1) is 5.82 Å². The molecule has 0 saturated carbocycles. The van der Waals surface area contributed by atoms with Gasteiger partial charge < -0.3 is 19.5 Å². The number of hydrogen-bond donors (Lipinski definition) is 1. The first-order chi connectivity index (χ1) is 12.1. The smallest absolute Gasteiger partial charge is 0.344 e. The summed E-state index contributed by atoms with van der Waals surface area (Å²) in [5.41, 5.74) is 0.407. The van der Waals surface area contributed by atoms with E-state index in [9.17, 15) is 14.0 Å².